The molecule has 1 heterocycles. The summed E-state index contributed by atoms with van der Waals surface area (Å²) >= 11 is 0. The lowest BCUT2D eigenvalue weighted by Gasteiger charge is -2.08. The Labute approximate surface area is 105 Å². The molecule has 0 aliphatic heterocycles. The second-order valence-corrected chi connectivity index (χ2v) is 3.69. The third kappa shape index (κ3) is 2.77. The Hall–Kier alpha value is -2.54. The molecule has 1 aromatic carbocycles. The third-order valence-electron chi connectivity index (χ3n) is 2.50. The Morgan fingerprint density at radius 3 is 2.72 bits per heavy atom. The maximum absolute atomic E-state index is 11.4. The normalized spacial score (nSPS) is 9.72. The van der Waals surface area contributed by atoms with E-state index in [9.17, 15) is 4.79 Å². The Morgan fingerprint density at radius 2 is 1.94 bits per heavy atom. The summed E-state index contributed by atoms with van der Waals surface area (Å²) in [5, 5.41) is 8.89. The van der Waals surface area contributed by atoms with Gasteiger partial charge in [0.05, 0.1) is 12.1 Å². The summed E-state index contributed by atoms with van der Waals surface area (Å²) in [7, 11) is 0. The van der Waals surface area contributed by atoms with Crippen molar-refractivity contribution < 1.29 is 4.74 Å². The lowest BCUT2D eigenvalue weighted by Crippen LogP contribution is -2.21. The average Bonchev–Trinajstić information content (AvgIpc) is 2.41. The molecule has 0 bridgehead atoms. The van der Waals surface area contributed by atoms with Crippen LogP contribution in [0.15, 0.2) is 53.5 Å². The Bertz CT molecular complexity index is 626. The van der Waals surface area contributed by atoms with Crippen LogP contribution < -0.4 is 10.3 Å². The molecule has 0 unspecified atom stereocenters. The lowest BCUT2D eigenvalue weighted by atomic mass is 10.2. The van der Waals surface area contributed by atoms with Gasteiger partial charge in [0.1, 0.15) is 18.4 Å². The highest BCUT2D eigenvalue weighted by atomic mass is 16.5. The highest BCUT2D eigenvalue weighted by Crippen LogP contribution is 2.16. The van der Waals surface area contributed by atoms with Crippen LogP contribution in [0.3, 0.4) is 0 Å². The van der Waals surface area contributed by atoms with Gasteiger partial charge in [-0.05, 0) is 18.2 Å². The number of benzene rings is 1. The summed E-state index contributed by atoms with van der Waals surface area (Å²) in [5.74, 6) is 0.545. The third-order valence-corrected chi connectivity index (χ3v) is 2.50. The molecule has 0 fully saturated rings. The van der Waals surface area contributed by atoms with Gasteiger partial charge in [-0.1, -0.05) is 18.2 Å². The number of pyridine rings is 1. The van der Waals surface area contributed by atoms with Crippen LogP contribution in [0.25, 0.3) is 0 Å². The predicted octanol–water partition coefficient (Wildman–Crippen LogP) is 1.80. The summed E-state index contributed by atoms with van der Waals surface area (Å²) in [5.41, 5.74) is 0.438. The van der Waals surface area contributed by atoms with Gasteiger partial charge in [0.2, 0.25) is 0 Å². The molecule has 0 saturated heterocycles. The van der Waals surface area contributed by atoms with Crippen molar-refractivity contribution in [2.75, 3.05) is 6.61 Å². The molecular formula is C14H12N2O2. The second kappa shape index (κ2) is 5.69. The van der Waals surface area contributed by atoms with Crippen molar-refractivity contribution in [1.82, 2.24) is 4.57 Å². The van der Waals surface area contributed by atoms with Gasteiger partial charge in [0.25, 0.3) is 5.56 Å². The van der Waals surface area contributed by atoms with Gasteiger partial charge in [0.15, 0.2) is 0 Å². The summed E-state index contributed by atoms with van der Waals surface area (Å²) in [6.45, 7) is 0.808. The molecule has 0 amide bonds. The number of hydrogen-bond donors (Lipinski definition) is 0. The molecule has 18 heavy (non-hydrogen) atoms. The molecule has 0 saturated carbocycles. The first-order valence-corrected chi connectivity index (χ1v) is 5.58. The molecule has 4 heteroatoms. The molecule has 0 atom stereocenters. The highest BCUT2D eigenvalue weighted by Gasteiger charge is 2.01. The Balaban J connectivity index is 1.99. The number of rotatable bonds is 4. The standard InChI is InChI=1S/C14H12N2O2/c15-11-12-5-1-2-6-13(12)18-10-9-16-8-4-3-7-14(16)17/h1-8H,9-10H2. The molecule has 0 aliphatic rings. The van der Waals surface area contributed by atoms with E-state index in [0.29, 0.717) is 24.5 Å². The van der Waals surface area contributed by atoms with Crippen molar-refractivity contribution in [2.45, 2.75) is 6.54 Å². The first-order valence-electron chi connectivity index (χ1n) is 5.58. The van der Waals surface area contributed by atoms with E-state index >= 15 is 0 Å². The van der Waals surface area contributed by atoms with E-state index < -0.39 is 0 Å². The lowest BCUT2D eigenvalue weighted by molar-refractivity contribution is 0.295. The molecule has 0 spiro atoms. The first-order chi connectivity index (χ1) is 8.81. The van der Waals surface area contributed by atoms with Gasteiger partial charge in [-0.15, -0.1) is 0 Å². The van der Waals surface area contributed by atoms with E-state index in [0.717, 1.165) is 0 Å². The van der Waals surface area contributed by atoms with Crippen LogP contribution in [0.2, 0.25) is 0 Å². The highest BCUT2D eigenvalue weighted by molar-refractivity contribution is 5.42. The van der Waals surface area contributed by atoms with Gasteiger partial charge in [-0.2, -0.15) is 5.26 Å². The van der Waals surface area contributed by atoms with E-state index in [1.807, 2.05) is 6.07 Å². The zero-order valence-corrected chi connectivity index (χ0v) is 9.74. The molecule has 4 nitrogen and oxygen atoms in total. The van der Waals surface area contributed by atoms with Crippen LogP contribution in [0.5, 0.6) is 5.75 Å². The molecule has 1 aromatic heterocycles. The average molecular weight is 240 g/mol. The van der Waals surface area contributed by atoms with Crippen LogP contribution in [0, 0.1) is 11.3 Å². The number of nitriles is 1. The largest absolute Gasteiger partial charge is 0.490 e. The SMILES string of the molecule is N#Cc1ccccc1OCCn1ccccc1=O. The smallest absolute Gasteiger partial charge is 0.250 e. The van der Waals surface area contributed by atoms with Gasteiger partial charge in [-0.25, -0.2) is 0 Å². The zero-order chi connectivity index (χ0) is 12.8. The number of nitrogens with zero attached hydrogens (tertiary/aromatic N) is 2. The van der Waals surface area contributed by atoms with E-state index in [4.69, 9.17) is 10.00 Å². The summed E-state index contributed by atoms with van der Waals surface area (Å²) < 4.78 is 7.07. The molecule has 2 rings (SSSR count). The van der Waals surface area contributed by atoms with Crippen molar-refractivity contribution in [1.29, 1.82) is 5.26 Å². The van der Waals surface area contributed by atoms with Gasteiger partial charge in [-0.3, -0.25) is 4.79 Å². The van der Waals surface area contributed by atoms with Crippen molar-refractivity contribution in [3.8, 4) is 11.8 Å². The molecule has 0 radical (unpaired) electrons. The minimum absolute atomic E-state index is 0.0605. The summed E-state index contributed by atoms with van der Waals surface area (Å²) in [6.07, 6.45) is 1.71. The topological polar surface area (TPSA) is 55.0 Å². The van der Waals surface area contributed by atoms with Gasteiger partial charge < -0.3 is 9.30 Å². The first kappa shape index (κ1) is 11.9. The maximum atomic E-state index is 11.4. The van der Waals surface area contributed by atoms with Crippen molar-refractivity contribution in [3.05, 3.63) is 64.6 Å². The molecule has 0 aliphatic carbocycles. The van der Waals surface area contributed by atoms with Crippen molar-refractivity contribution >= 4 is 0 Å². The number of aromatic nitrogens is 1. The van der Waals surface area contributed by atoms with E-state index in [2.05, 4.69) is 6.07 Å². The summed E-state index contributed by atoms with van der Waals surface area (Å²) in [4.78, 5) is 11.4. The van der Waals surface area contributed by atoms with E-state index in [-0.39, 0.29) is 5.56 Å². The summed E-state index contributed by atoms with van der Waals surface area (Å²) in [6, 6.07) is 14.1. The fourth-order valence-corrected chi connectivity index (χ4v) is 1.58. The number of hydrogen-bond acceptors (Lipinski definition) is 3. The Kier molecular flexibility index (Phi) is 3.77. The zero-order valence-electron chi connectivity index (χ0n) is 9.74. The molecule has 0 N–H and O–H groups in total. The van der Waals surface area contributed by atoms with Gasteiger partial charge >= 0.3 is 0 Å². The van der Waals surface area contributed by atoms with Crippen LogP contribution in [0.4, 0.5) is 0 Å². The minimum atomic E-state index is -0.0605. The van der Waals surface area contributed by atoms with Crippen LogP contribution in [-0.4, -0.2) is 11.2 Å². The Morgan fingerprint density at radius 1 is 1.17 bits per heavy atom. The van der Waals surface area contributed by atoms with Gasteiger partial charge in [0, 0.05) is 12.3 Å². The van der Waals surface area contributed by atoms with Crippen LogP contribution in [-0.2, 0) is 6.54 Å². The minimum Gasteiger partial charge on any atom is -0.490 e. The second-order valence-electron chi connectivity index (χ2n) is 3.69. The van der Waals surface area contributed by atoms with E-state index in [1.54, 1.807) is 41.1 Å². The fraction of sp³-hybridized carbons (Fsp3) is 0.143. The van der Waals surface area contributed by atoms with E-state index in [1.165, 1.54) is 6.07 Å². The number of ether oxygens (including phenoxy) is 1. The maximum Gasteiger partial charge on any atom is 0.250 e. The number of para-hydroxylation sites is 1. The predicted molar refractivity (Wildman–Crippen MR) is 67.4 cm³/mol. The quantitative estimate of drug-likeness (QED) is 0.818. The molecule has 90 valence electrons. The van der Waals surface area contributed by atoms with Crippen LogP contribution in [0.1, 0.15) is 5.56 Å². The molecular weight excluding hydrogens is 228 g/mol. The van der Waals surface area contributed by atoms with Crippen molar-refractivity contribution in [3.63, 3.8) is 0 Å². The monoisotopic (exact) mass is 240 g/mol. The fourth-order valence-electron chi connectivity index (χ4n) is 1.58. The van der Waals surface area contributed by atoms with Crippen LogP contribution >= 0.6 is 0 Å². The van der Waals surface area contributed by atoms with Crippen molar-refractivity contribution in [2.24, 2.45) is 0 Å². The molecule has 2 aromatic rings.